The van der Waals surface area contributed by atoms with Gasteiger partial charge >= 0.3 is 0 Å². The van der Waals surface area contributed by atoms with E-state index < -0.39 is 0 Å². The molecule has 0 aliphatic carbocycles. The van der Waals surface area contributed by atoms with E-state index in [4.69, 9.17) is 4.74 Å². The predicted octanol–water partition coefficient (Wildman–Crippen LogP) is 0.845. The van der Waals surface area contributed by atoms with Gasteiger partial charge < -0.3 is 10.1 Å². The van der Waals surface area contributed by atoms with E-state index in [0.29, 0.717) is 5.92 Å². The number of aryl methyl sites for hydroxylation is 1. The van der Waals surface area contributed by atoms with Gasteiger partial charge in [-0.05, 0) is 29.3 Å². The second kappa shape index (κ2) is 8.14. The maximum atomic E-state index is 5.52. The largest absolute Gasteiger partial charge is 0.381 e. The number of hydrogen-bond acceptors (Lipinski definition) is 5. The van der Waals surface area contributed by atoms with E-state index in [1.54, 1.807) is 0 Å². The third-order valence-electron chi connectivity index (χ3n) is 2.25. The molecule has 0 saturated carbocycles. The van der Waals surface area contributed by atoms with Gasteiger partial charge in [0, 0.05) is 19.8 Å². The second-order valence-electron chi connectivity index (χ2n) is 4.42. The number of tetrazole rings is 1. The molecular weight excluding hydrogens is 218 g/mol. The molecule has 0 fully saturated rings. The quantitative estimate of drug-likeness (QED) is 0.649. The lowest BCUT2D eigenvalue weighted by Crippen LogP contribution is -2.17. The van der Waals surface area contributed by atoms with Gasteiger partial charge in [-0.1, -0.05) is 20.8 Å². The van der Waals surface area contributed by atoms with Crippen molar-refractivity contribution < 1.29 is 4.74 Å². The Morgan fingerprint density at radius 1 is 1.41 bits per heavy atom. The van der Waals surface area contributed by atoms with E-state index in [0.717, 1.165) is 45.1 Å². The minimum absolute atomic E-state index is 0.590. The molecule has 0 atom stereocenters. The second-order valence-corrected chi connectivity index (χ2v) is 4.42. The zero-order chi connectivity index (χ0) is 12.5. The van der Waals surface area contributed by atoms with Crippen molar-refractivity contribution in [2.75, 3.05) is 19.8 Å². The first-order valence-corrected chi connectivity index (χ1v) is 6.27. The molecule has 1 aromatic heterocycles. The maximum Gasteiger partial charge on any atom is 0.165 e. The highest BCUT2D eigenvalue weighted by Crippen LogP contribution is 1.97. The van der Waals surface area contributed by atoms with Crippen molar-refractivity contribution in [1.82, 2.24) is 25.5 Å². The van der Waals surface area contributed by atoms with Crippen LogP contribution in [0.2, 0.25) is 0 Å². The molecule has 0 aromatic carbocycles. The molecule has 0 aliphatic heterocycles. The first-order chi connectivity index (χ1) is 8.24. The summed E-state index contributed by atoms with van der Waals surface area (Å²) in [6.07, 6.45) is 0.941. The Kier molecular flexibility index (Phi) is 6.73. The summed E-state index contributed by atoms with van der Waals surface area (Å²) in [4.78, 5) is 0. The van der Waals surface area contributed by atoms with E-state index in [2.05, 4.69) is 41.6 Å². The molecule has 6 nitrogen and oxygen atoms in total. The highest BCUT2D eigenvalue weighted by molar-refractivity contribution is 4.79. The van der Waals surface area contributed by atoms with Crippen molar-refractivity contribution in [2.24, 2.45) is 5.92 Å². The summed E-state index contributed by atoms with van der Waals surface area (Å²) < 4.78 is 7.35. The first-order valence-electron chi connectivity index (χ1n) is 6.27. The van der Waals surface area contributed by atoms with E-state index in [1.807, 2.05) is 4.68 Å². The topological polar surface area (TPSA) is 64.9 Å². The van der Waals surface area contributed by atoms with Crippen LogP contribution < -0.4 is 5.32 Å². The van der Waals surface area contributed by atoms with Gasteiger partial charge in [-0.25, -0.2) is 4.68 Å². The molecule has 0 aliphatic rings. The van der Waals surface area contributed by atoms with E-state index in [9.17, 15) is 0 Å². The Morgan fingerprint density at radius 2 is 2.24 bits per heavy atom. The number of nitrogens with zero attached hydrogens (tertiary/aromatic N) is 4. The SMILES string of the molecule is CCNCc1nnnn1CCCOCC(C)C. The fraction of sp³-hybridized carbons (Fsp3) is 0.909. The minimum Gasteiger partial charge on any atom is -0.381 e. The molecule has 0 amide bonds. The van der Waals surface area contributed by atoms with Gasteiger partial charge in [0.1, 0.15) is 0 Å². The molecule has 1 heterocycles. The van der Waals surface area contributed by atoms with Crippen LogP contribution in [-0.4, -0.2) is 40.0 Å². The van der Waals surface area contributed by atoms with Crippen LogP contribution >= 0.6 is 0 Å². The van der Waals surface area contributed by atoms with E-state index in [1.165, 1.54) is 0 Å². The average molecular weight is 241 g/mol. The summed E-state index contributed by atoms with van der Waals surface area (Å²) in [6, 6.07) is 0. The summed E-state index contributed by atoms with van der Waals surface area (Å²) >= 11 is 0. The van der Waals surface area contributed by atoms with Crippen molar-refractivity contribution in [1.29, 1.82) is 0 Å². The van der Waals surface area contributed by atoms with Crippen LogP contribution in [0.4, 0.5) is 0 Å². The smallest absolute Gasteiger partial charge is 0.165 e. The number of nitrogens with one attached hydrogen (secondary N) is 1. The number of rotatable bonds is 9. The van der Waals surface area contributed by atoms with Gasteiger partial charge in [-0.2, -0.15) is 0 Å². The molecule has 17 heavy (non-hydrogen) atoms. The summed E-state index contributed by atoms with van der Waals surface area (Å²) in [5.74, 6) is 1.48. The third-order valence-corrected chi connectivity index (χ3v) is 2.25. The molecule has 98 valence electrons. The van der Waals surface area contributed by atoms with Gasteiger partial charge in [0.15, 0.2) is 5.82 Å². The van der Waals surface area contributed by atoms with Crippen LogP contribution in [0.1, 0.15) is 33.0 Å². The highest BCUT2D eigenvalue weighted by atomic mass is 16.5. The number of aromatic nitrogens is 4. The predicted molar refractivity (Wildman–Crippen MR) is 65.5 cm³/mol. The van der Waals surface area contributed by atoms with Gasteiger partial charge in [0.05, 0.1) is 6.54 Å². The van der Waals surface area contributed by atoms with Crippen LogP contribution in [0.25, 0.3) is 0 Å². The number of ether oxygens (including phenoxy) is 1. The van der Waals surface area contributed by atoms with Crippen LogP contribution in [0, 0.1) is 5.92 Å². The first kappa shape index (κ1) is 14.1. The highest BCUT2D eigenvalue weighted by Gasteiger charge is 2.04. The fourth-order valence-corrected chi connectivity index (χ4v) is 1.40. The normalized spacial score (nSPS) is 11.3. The van der Waals surface area contributed by atoms with Crippen molar-refractivity contribution in [3.63, 3.8) is 0 Å². The van der Waals surface area contributed by atoms with Gasteiger partial charge in [0.25, 0.3) is 0 Å². The lowest BCUT2D eigenvalue weighted by atomic mass is 10.2. The third kappa shape index (κ3) is 5.74. The van der Waals surface area contributed by atoms with E-state index >= 15 is 0 Å². The van der Waals surface area contributed by atoms with Crippen molar-refractivity contribution in [3.05, 3.63) is 5.82 Å². The van der Waals surface area contributed by atoms with Gasteiger partial charge in [-0.15, -0.1) is 5.10 Å². The minimum atomic E-state index is 0.590. The Hall–Kier alpha value is -1.01. The lowest BCUT2D eigenvalue weighted by Gasteiger charge is -2.07. The Labute approximate surface area is 103 Å². The Bertz CT molecular complexity index is 300. The fourth-order valence-electron chi connectivity index (χ4n) is 1.40. The standard InChI is InChI=1S/C11H23N5O/c1-4-12-8-11-13-14-15-16(11)6-5-7-17-9-10(2)3/h10,12H,4-9H2,1-3H3. The van der Waals surface area contributed by atoms with Crippen molar-refractivity contribution in [3.8, 4) is 0 Å². The van der Waals surface area contributed by atoms with Crippen molar-refractivity contribution >= 4 is 0 Å². The summed E-state index contributed by atoms with van der Waals surface area (Å²) in [7, 11) is 0. The molecule has 1 N–H and O–H groups in total. The molecule has 1 rings (SSSR count). The maximum absolute atomic E-state index is 5.52. The zero-order valence-corrected chi connectivity index (χ0v) is 11.0. The van der Waals surface area contributed by atoms with Crippen LogP contribution in [-0.2, 0) is 17.8 Å². The monoisotopic (exact) mass is 241 g/mol. The lowest BCUT2D eigenvalue weighted by molar-refractivity contribution is 0.104. The molecule has 0 saturated heterocycles. The molecule has 1 aromatic rings. The molecule has 0 spiro atoms. The van der Waals surface area contributed by atoms with Crippen molar-refractivity contribution in [2.45, 2.75) is 40.3 Å². The Morgan fingerprint density at radius 3 is 2.94 bits per heavy atom. The zero-order valence-electron chi connectivity index (χ0n) is 11.0. The average Bonchev–Trinajstić information content (AvgIpc) is 2.73. The molecule has 6 heteroatoms. The van der Waals surface area contributed by atoms with E-state index in [-0.39, 0.29) is 0 Å². The summed E-state index contributed by atoms with van der Waals surface area (Å²) in [5, 5.41) is 14.8. The molecule has 0 unspecified atom stereocenters. The van der Waals surface area contributed by atoms with Crippen LogP contribution in [0.5, 0.6) is 0 Å². The molecule has 0 radical (unpaired) electrons. The molecule has 0 bridgehead atoms. The summed E-state index contributed by atoms with van der Waals surface area (Å²) in [6.45, 7) is 10.4. The molecular formula is C11H23N5O. The van der Waals surface area contributed by atoms with Gasteiger partial charge in [-0.3, -0.25) is 0 Å². The van der Waals surface area contributed by atoms with Crippen LogP contribution in [0.3, 0.4) is 0 Å². The van der Waals surface area contributed by atoms with Crippen LogP contribution in [0.15, 0.2) is 0 Å². The van der Waals surface area contributed by atoms with Gasteiger partial charge in [0.2, 0.25) is 0 Å². The number of hydrogen-bond donors (Lipinski definition) is 1. The Balaban J connectivity index is 2.19. The summed E-state index contributed by atoms with van der Waals surface area (Å²) in [5.41, 5.74) is 0.